The predicted molar refractivity (Wildman–Crippen MR) is 130 cm³/mol. The first-order valence-electron chi connectivity index (χ1n) is 11.9. The van der Waals surface area contributed by atoms with E-state index in [9.17, 15) is 22.4 Å². The van der Waals surface area contributed by atoms with Crippen molar-refractivity contribution in [3.05, 3.63) is 64.7 Å². The molecule has 0 atom stereocenters. The lowest BCUT2D eigenvalue weighted by Crippen LogP contribution is -2.40. The third kappa shape index (κ3) is 7.67. The minimum absolute atomic E-state index is 0.0103. The van der Waals surface area contributed by atoms with Crippen molar-refractivity contribution in [3.8, 4) is 0 Å². The van der Waals surface area contributed by atoms with Crippen molar-refractivity contribution in [3.63, 3.8) is 0 Å². The summed E-state index contributed by atoms with van der Waals surface area (Å²) in [6.45, 7) is 2.68. The molecule has 2 aromatic carbocycles. The number of likely N-dealkylation sites (N-methyl/N-ethyl adjacent to an activating group) is 1. The first-order valence-corrected chi connectivity index (χ1v) is 11.9. The van der Waals surface area contributed by atoms with E-state index in [0.717, 1.165) is 42.4 Å². The molecule has 192 valence electrons. The Kier molecular flexibility index (Phi) is 9.51. The van der Waals surface area contributed by atoms with Crippen LogP contribution < -0.4 is 5.32 Å². The number of benzene rings is 2. The summed E-state index contributed by atoms with van der Waals surface area (Å²) >= 11 is 0. The van der Waals surface area contributed by atoms with Gasteiger partial charge in [0.05, 0.1) is 18.8 Å². The number of nitrogens with one attached hydrogen (secondary N) is 1. The van der Waals surface area contributed by atoms with E-state index in [2.05, 4.69) is 10.2 Å². The molecule has 0 bridgehead atoms. The van der Waals surface area contributed by atoms with Crippen LogP contribution in [-0.4, -0.2) is 74.1 Å². The quantitative estimate of drug-likeness (QED) is 0.470. The van der Waals surface area contributed by atoms with Gasteiger partial charge in [0, 0.05) is 45.0 Å². The van der Waals surface area contributed by atoms with Crippen LogP contribution in [-0.2, 0) is 30.5 Å². The first kappa shape index (κ1) is 26.9. The summed E-state index contributed by atoms with van der Waals surface area (Å²) in [5.74, 6) is -0.262. The van der Waals surface area contributed by atoms with Crippen LogP contribution in [0.4, 0.5) is 23.2 Å². The summed E-state index contributed by atoms with van der Waals surface area (Å²) < 4.78 is 53.0. The fraction of sp³-hybridized carbons (Fsp3) is 0.500. The molecule has 1 aliphatic rings. The number of fused-ring (bicyclic) bond motifs is 1. The molecule has 2 aromatic rings. The summed E-state index contributed by atoms with van der Waals surface area (Å²) in [4.78, 5) is 18.7. The van der Waals surface area contributed by atoms with Crippen LogP contribution in [0.5, 0.6) is 0 Å². The van der Waals surface area contributed by atoms with Gasteiger partial charge >= 0.3 is 6.18 Å². The Morgan fingerprint density at radius 2 is 1.86 bits per heavy atom. The zero-order valence-corrected chi connectivity index (χ0v) is 20.4. The van der Waals surface area contributed by atoms with Gasteiger partial charge in [0.1, 0.15) is 0 Å². The van der Waals surface area contributed by atoms with E-state index in [1.54, 1.807) is 6.07 Å². The Morgan fingerprint density at radius 1 is 1.09 bits per heavy atom. The van der Waals surface area contributed by atoms with Crippen LogP contribution in [0, 0.1) is 0 Å². The minimum atomic E-state index is -4.48. The lowest BCUT2D eigenvalue weighted by Gasteiger charge is -2.30. The SMILES string of the molecule is CN(C)CCN(Cc1ccccc1C(F)(F)F)C(=O)CNc1cccc2c1CCN(CCCF)C2. The van der Waals surface area contributed by atoms with Crippen molar-refractivity contribution in [1.82, 2.24) is 14.7 Å². The molecule has 0 saturated carbocycles. The molecule has 0 fully saturated rings. The largest absolute Gasteiger partial charge is 0.416 e. The van der Waals surface area contributed by atoms with Crippen molar-refractivity contribution >= 4 is 11.6 Å². The van der Waals surface area contributed by atoms with Crippen molar-refractivity contribution in [1.29, 1.82) is 0 Å². The Morgan fingerprint density at radius 3 is 2.57 bits per heavy atom. The smallest absolute Gasteiger partial charge is 0.376 e. The number of carbonyl (C=O) groups excluding carboxylic acids is 1. The number of amides is 1. The second-order valence-electron chi connectivity index (χ2n) is 9.14. The molecule has 0 aliphatic carbocycles. The van der Waals surface area contributed by atoms with Gasteiger partial charge < -0.3 is 15.1 Å². The lowest BCUT2D eigenvalue weighted by molar-refractivity contribution is -0.139. The number of hydrogen-bond donors (Lipinski definition) is 1. The van der Waals surface area contributed by atoms with E-state index in [1.807, 2.05) is 37.2 Å². The van der Waals surface area contributed by atoms with Gasteiger partial charge in [-0.05, 0) is 55.8 Å². The molecule has 1 N–H and O–H groups in total. The molecule has 1 aliphatic heterocycles. The van der Waals surface area contributed by atoms with Gasteiger partial charge in [0.2, 0.25) is 5.91 Å². The Bertz CT molecular complexity index is 980. The van der Waals surface area contributed by atoms with E-state index >= 15 is 0 Å². The van der Waals surface area contributed by atoms with Gasteiger partial charge in [-0.1, -0.05) is 30.3 Å². The molecule has 9 heteroatoms. The van der Waals surface area contributed by atoms with E-state index in [4.69, 9.17) is 0 Å². The molecule has 1 heterocycles. The van der Waals surface area contributed by atoms with Crippen LogP contribution in [0.25, 0.3) is 0 Å². The predicted octanol–water partition coefficient (Wildman–Crippen LogP) is 4.43. The zero-order chi connectivity index (χ0) is 25.4. The number of halogens is 4. The van der Waals surface area contributed by atoms with Gasteiger partial charge in [-0.15, -0.1) is 0 Å². The fourth-order valence-electron chi connectivity index (χ4n) is 4.34. The summed E-state index contributed by atoms with van der Waals surface area (Å²) in [5.41, 5.74) is 2.52. The van der Waals surface area contributed by atoms with Crippen LogP contribution in [0.2, 0.25) is 0 Å². The van der Waals surface area contributed by atoms with Gasteiger partial charge in [-0.25, -0.2) is 0 Å². The lowest BCUT2D eigenvalue weighted by atomic mass is 9.97. The van der Waals surface area contributed by atoms with Gasteiger partial charge in [0.15, 0.2) is 0 Å². The van der Waals surface area contributed by atoms with E-state index < -0.39 is 11.7 Å². The highest BCUT2D eigenvalue weighted by molar-refractivity contribution is 5.81. The number of anilines is 1. The average Bonchev–Trinajstić information content (AvgIpc) is 2.83. The van der Waals surface area contributed by atoms with Crippen molar-refractivity contribution in [2.45, 2.75) is 32.1 Å². The molecule has 0 saturated heterocycles. The third-order valence-corrected chi connectivity index (χ3v) is 6.24. The number of rotatable bonds is 11. The summed E-state index contributed by atoms with van der Waals surface area (Å²) in [6, 6.07) is 11.3. The van der Waals surface area contributed by atoms with E-state index in [0.29, 0.717) is 26.1 Å². The molecule has 0 radical (unpaired) electrons. The molecule has 0 spiro atoms. The highest BCUT2D eigenvalue weighted by Crippen LogP contribution is 2.32. The first-order chi connectivity index (χ1) is 16.7. The minimum Gasteiger partial charge on any atom is -0.376 e. The molecule has 0 aromatic heterocycles. The monoisotopic (exact) mass is 494 g/mol. The Balaban J connectivity index is 1.71. The highest BCUT2D eigenvalue weighted by Gasteiger charge is 2.33. The normalized spacial score (nSPS) is 14.1. The van der Waals surface area contributed by atoms with Gasteiger partial charge in [-0.3, -0.25) is 14.1 Å². The second-order valence-corrected chi connectivity index (χ2v) is 9.14. The van der Waals surface area contributed by atoms with Gasteiger partial charge in [-0.2, -0.15) is 13.2 Å². The maximum Gasteiger partial charge on any atom is 0.416 e. The summed E-state index contributed by atoms with van der Waals surface area (Å²) in [7, 11) is 3.72. The van der Waals surface area contributed by atoms with Crippen LogP contribution >= 0.6 is 0 Å². The van der Waals surface area contributed by atoms with Crippen LogP contribution in [0.15, 0.2) is 42.5 Å². The Labute approximate surface area is 204 Å². The number of carbonyl (C=O) groups is 1. The zero-order valence-electron chi connectivity index (χ0n) is 20.4. The highest BCUT2D eigenvalue weighted by atomic mass is 19.4. The van der Waals surface area contributed by atoms with Crippen molar-refractivity contribution in [2.24, 2.45) is 0 Å². The standard InChI is InChI=1S/C26H34F4N4O/c1-32(2)15-16-34(19-21-7-3-4-9-23(21)26(28,29)30)25(35)17-31-24-10-5-8-20-18-33(13-6-12-27)14-11-22(20)24/h3-5,7-10,31H,6,11-19H2,1-2H3. The molecule has 1 amide bonds. The van der Waals surface area contributed by atoms with E-state index in [1.165, 1.54) is 17.0 Å². The maximum atomic E-state index is 13.5. The number of alkyl halides is 4. The van der Waals surface area contributed by atoms with Crippen LogP contribution in [0.1, 0.15) is 28.7 Å². The fourth-order valence-corrected chi connectivity index (χ4v) is 4.34. The van der Waals surface area contributed by atoms with Crippen molar-refractivity contribution < 1.29 is 22.4 Å². The number of nitrogens with zero attached hydrogens (tertiary/aromatic N) is 3. The third-order valence-electron chi connectivity index (χ3n) is 6.24. The molecular weight excluding hydrogens is 460 g/mol. The topological polar surface area (TPSA) is 38.8 Å². The second kappa shape index (κ2) is 12.4. The summed E-state index contributed by atoms with van der Waals surface area (Å²) in [5, 5.41) is 3.22. The molecule has 3 rings (SSSR count). The van der Waals surface area contributed by atoms with Gasteiger partial charge in [0.25, 0.3) is 0 Å². The number of hydrogen-bond acceptors (Lipinski definition) is 4. The molecular formula is C26H34F4N4O. The van der Waals surface area contributed by atoms with E-state index in [-0.39, 0.29) is 31.2 Å². The van der Waals surface area contributed by atoms with Crippen LogP contribution in [0.3, 0.4) is 0 Å². The summed E-state index contributed by atoms with van der Waals surface area (Å²) in [6.07, 6.45) is -3.17. The molecule has 0 unspecified atom stereocenters. The molecule has 35 heavy (non-hydrogen) atoms. The average molecular weight is 495 g/mol. The molecule has 5 nitrogen and oxygen atoms in total. The van der Waals surface area contributed by atoms with Crippen molar-refractivity contribution in [2.75, 3.05) is 58.8 Å². The Hall–Kier alpha value is -2.65. The maximum absolute atomic E-state index is 13.5.